The van der Waals surface area contributed by atoms with Crippen LogP contribution < -0.4 is 0 Å². The van der Waals surface area contributed by atoms with Gasteiger partial charge in [0.15, 0.2) is 0 Å². The third-order valence-corrected chi connectivity index (χ3v) is 2.61. The fourth-order valence-corrected chi connectivity index (χ4v) is 1.71. The molecule has 1 N–H and O–H groups in total. The molecule has 0 saturated carbocycles. The Balaban J connectivity index is 2.74. The molecule has 2 nitrogen and oxygen atoms in total. The third-order valence-electron chi connectivity index (χ3n) is 2.34. The Morgan fingerprint density at radius 3 is 2.73 bits per heavy atom. The maximum Gasteiger partial charge on any atom is 0.307 e. The van der Waals surface area contributed by atoms with Crippen molar-refractivity contribution >= 4 is 17.6 Å². The number of carboxylic acids is 1. The lowest BCUT2D eigenvalue weighted by Gasteiger charge is -2.06. The summed E-state index contributed by atoms with van der Waals surface area (Å²) >= 11 is 5.63. The Morgan fingerprint density at radius 2 is 2.20 bits per heavy atom. The summed E-state index contributed by atoms with van der Waals surface area (Å²) in [7, 11) is 0. The maximum atomic E-state index is 10.5. The van der Waals surface area contributed by atoms with E-state index < -0.39 is 5.97 Å². The summed E-state index contributed by atoms with van der Waals surface area (Å²) < 4.78 is 0. The fraction of sp³-hybridized carbons (Fsp3) is 0.417. The van der Waals surface area contributed by atoms with Crippen molar-refractivity contribution in [2.45, 2.75) is 26.2 Å². The Labute approximate surface area is 94.9 Å². The normalized spacial score (nSPS) is 10.3. The van der Waals surface area contributed by atoms with Crippen molar-refractivity contribution in [2.75, 3.05) is 5.88 Å². The average molecular weight is 227 g/mol. The smallest absolute Gasteiger partial charge is 0.307 e. The second-order valence-electron chi connectivity index (χ2n) is 3.62. The molecular formula is C12H15ClO2. The molecule has 0 saturated heterocycles. The largest absolute Gasteiger partial charge is 0.481 e. The molecule has 0 unspecified atom stereocenters. The molecule has 0 aliphatic carbocycles. The first-order valence-electron chi connectivity index (χ1n) is 4.99. The average Bonchev–Trinajstić information content (AvgIpc) is 2.15. The highest BCUT2D eigenvalue weighted by Crippen LogP contribution is 2.13. The summed E-state index contributed by atoms with van der Waals surface area (Å²) in [5.41, 5.74) is 3.26. The zero-order chi connectivity index (χ0) is 11.3. The standard InChI is InChI=1S/C12H15ClO2/c1-9-7-10(8-12(14)15)4-5-11(9)3-2-6-13/h4-5,7H,2-3,6,8H2,1H3,(H,14,15). The van der Waals surface area contributed by atoms with Gasteiger partial charge in [-0.05, 0) is 36.5 Å². The summed E-state index contributed by atoms with van der Waals surface area (Å²) in [6.45, 7) is 2.01. The van der Waals surface area contributed by atoms with Gasteiger partial charge in [0.25, 0.3) is 0 Å². The second-order valence-corrected chi connectivity index (χ2v) is 4.00. The number of aryl methyl sites for hydroxylation is 2. The van der Waals surface area contributed by atoms with E-state index in [-0.39, 0.29) is 6.42 Å². The van der Waals surface area contributed by atoms with Gasteiger partial charge >= 0.3 is 5.97 Å². The number of carbonyl (C=O) groups is 1. The van der Waals surface area contributed by atoms with Crippen LogP contribution in [-0.4, -0.2) is 17.0 Å². The van der Waals surface area contributed by atoms with Crippen molar-refractivity contribution in [3.05, 3.63) is 34.9 Å². The number of rotatable bonds is 5. The van der Waals surface area contributed by atoms with Gasteiger partial charge in [0.1, 0.15) is 0 Å². The van der Waals surface area contributed by atoms with Crippen molar-refractivity contribution in [1.82, 2.24) is 0 Å². The first-order chi connectivity index (χ1) is 7.13. The van der Waals surface area contributed by atoms with Crippen LogP contribution in [0.3, 0.4) is 0 Å². The molecule has 0 aliphatic heterocycles. The molecule has 1 aromatic rings. The van der Waals surface area contributed by atoms with Crippen LogP contribution in [0, 0.1) is 6.92 Å². The number of hydrogen-bond acceptors (Lipinski definition) is 1. The summed E-state index contributed by atoms with van der Waals surface area (Å²) in [5, 5.41) is 8.65. The Bertz CT molecular complexity index is 347. The number of benzene rings is 1. The van der Waals surface area contributed by atoms with Crippen LogP contribution >= 0.6 is 11.6 Å². The van der Waals surface area contributed by atoms with Crippen LogP contribution in [0.5, 0.6) is 0 Å². The molecule has 0 bridgehead atoms. The summed E-state index contributed by atoms with van der Waals surface area (Å²) in [5.74, 6) is -0.126. The van der Waals surface area contributed by atoms with Gasteiger partial charge < -0.3 is 5.11 Å². The molecule has 0 heterocycles. The number of halogens is 1. The molecule has 0 aromatic heterocycles. The number of alkyl halides is 1. The summed E-state index contributed by atoms with van der Waals surface area (Å²) in [4.78, 5) is 10.5. The van der Waals surface area contributed by atoms with E-state index in [1.165, 1.54) is 5.56 Å². The minimum absolute atomic E-state index is 0.0939. The van der Waals surface area contributed by atoms with Crippen LogP contribution in [0.25, 0.3) is 0 Å². The van der Waals surface area contributed by atoms with Gasteiger partial charge in [-0.1, -0.05) is 18.2 Å². The Morgan fingerprint density at radius 1 is 1.47 bits per heavy atom. The first-order valence-corrected chi connectivity index (χ1v) is 5.53. The lowest BCUT2D eigenvalue weighted by molar-refractivity contribution is -0.136. The monoisotopic (exact) mass is 226 g/mol. The van der Waals surface area contributed by atoms with Gasteiger partial charge in [0.05, 0.1) is 6.42 Å². The van der Waals surface area contributed by atoms with Gasteiger partial charge in [0, 0.05) is 5.88 Å². The topological polar surface area (TPSA) is 37.3 Å². The van der Waals surface area contributed by atoms with Crippen LogP contribution in [0.2, 0.25) is 0 Å². The van der Waals surface area contributed by atoms with Gasteiger partial charge in [-0.2, -0.15) is 0 Å². The summed E-state index contributed by atoms with van der Waals surface area (Å²) in [6.07, 6.45) is 2.01. The van der Waals surface area contributed by atoms with Crippen molar-refractivity contribution in [3.63, 3.8) is 0 Å². The van der Waals surface area contributed by atoms with E-state index in [0.717, 1.165) is 24.0 Å². The third kappa shape index (κ3) is 3.92. The minimum atomic E-state index is -0.789. The van der Waals surface area contributed by atoms with E-state index in [1.54, 1.807) is 0 Å². The van der Waals surface area contributed by atoms with Gasteiger partial charge in [0.2, 0.25) is 0 Å². The highest BCUT2D eigenvalue weighted by molar-refractivity contribution is 6.17. The SMILES string of the molecule is Cc1cc(CC(=O)O)ccc1CCCCl. The van der Waals surface area contributed by atoms with Crippen molar-refractivity contribution in [3.8, 4) is 0 Å². The molecular weight excluding hydrogens is 212 g/mol. The maximum absolute atomic E-state index is 10.5. The molecule has 15 heavy (non-hydrogen) atoms. The Kier molecular flexibility index (Phi) is 4.63. The molecule has 0 radical (unpaired) electrons. The fourth-order valence-electron chi connectivity index (χ4n) is 1.58. The molecule has 0 spiro atoms. The first kappa shape index (κ1) is 12.1. The van der Waals surface area contributed by atoms with Crippen LogP contribution in [0.15, 0.2) is 18.2 Å². The van der Waals surface area contributed by atoms with E-state index in [0.29, 0.717) is 5.88 Å². The second kappa shape index (κ2) is 5.76. The van der Waals surface area contributed by atoms with Crippen molar-refractivity contribution in [1.29, 1.82) is 0 Å². The van der Waals surface area contributed by atoms with Crippen LogP contribution in [0.1, 0.15) is 23.1 Å². The van der Waals surface area contributed by atoms with E-state index in [9.17, 15) is 4.79 Å². The highest BCUT2D eigenvalue weighted by Gasteiger charge is 2.03. The van der Waals surface area contributed by atoms with Crippen LogP contribution in [-0.2, 0) is 17.6 Å². The molecule has 82 valence electrons. The molecule has 0 aliphatic rings. The molecule has 0 amide bonds. The van der Waals surface area contributed by atoms with Crippen LogP contribution in [0.4, 0.5) is 0 Å². The highest BCUT2D eigenvalue weighted by atomic mass is 35.5. The number of aliphatic carboxylic acids is 1. The predicted molar refractivity (Wildman–Crippen MR) is 61.6 cm³/mol. The Hall–Kier alpha value is -1.02. The molecule has 3 heteroatoms. The van der Waals surface area contributed by atoms with E-state index in [1.807, 2.05) is 25.1 Å². The van der Waals surface area contributed by atoms with E-state index in [4.69, 9.17) is 16.7 Å². The van der Waals surface area contributed by atoms with Crippen molar-refractivity contribution < 1.29 is 9.90 Å². The molecule has 1 aromatic carbocycles. The lowest BCUT2D eigenvalue weighted by atomic mass is 10.0. The minimum Gasteiger partial charge on any atom is -0.481 e. The van der Waals surface area contributed by atoms with E-state index in [2.05, 4.69) is 0 Å². The molecule has 1 rings (SSSR count). The molecule has 0 fully saturated rings. The summed E-state index contributed by atoms with van der Waals surface area (Å²) in [6, 6.07) is 5.82. The zero-order valence-electron chi connectivity index (χ0n) is 8.79. The zero-order valence-corrected chi connectivity index (χ0v) is 9.55. The molecule has 0 atom stereocenters. The van der Waals surface area contributed by atoms with Gasteiger partial charge in [-0.15, -0.1) is 11.6 Å². The quantitative estimate of drug-likeness (QED) is 0.784. The van der Waals surface area contributed by atoms with Gasteiger partial charge in [-0.3, -0.25) is 4.79 Å². The van der Waals surface area contributed by atoms with Crippen molar-refractivity contribution in [2.24, 2.45) is 0 Å². The van der Waals surface area contributed by atoms with E-state index >= 15 is 0 Å². The predicted octanol–water partition coefficient (Wildman–Crippen LogP) is 2.79. The number of carboxylic acid groups (broad SMARTS) is 1. The number of hydrogen-bond donors (Lipinski definition) is 1. The van der Waals surface area contributed by atoms with Gasteiger partial charge in [-0.25, -0.2) is 0 Å². The lowest BCUT2D eigenvalue weighted by Crippen LogP contribution is -2.01.